The molecule has 19 heavy (non-hydrogen) atoms. The lowest BCUT2D eigenvalue weighted by Gasteiger charge is -2.08. The average molecular weight is 318 g/mol. The summed E-state index contributed by atoms with van der Waals surface area (Å²) in [6, 6.07) is 13.8. The molecule has 0 aliphatic heterocycles. The molecule has 0 atom stereocenters. The van der Waals surface area contributed by atoms with Crippen LogP contribution in [0.2, 0.25) is 0 Å². The van der Waals surface area contributed by atoms with E-state index in [0.717, 1.165) is 15.6 Å². The highest BCUT2D eigenvalue weighted by Crippen LogP contribution is 2.18. The van der Waals surface area contributed by atoms with Crippen LogP contribution in [0.25, 0.3) is 0 Å². The summed E-state index contributed by atoms with van der Waals surface area (Å²) in [6.45, 7) is 4.59. The lowest BCUT2D eigenvalue weighted by Crippen LogP contribution is -2.23. The van der Waals surface area contributed by atoms with Crippen LogP contribution in [0.4, 0.5) is 0 Å². The first-order valence-corrected chi connectivity index (χ1v) is 6.95. The van der Waals surface area contributed by atoms with Gasteiger partial charge in [-0.3, -0.25) is 4.79 Å². The number of amides is 1. The molecular weight excluding hydrogens is 302 g/mol. The average Bonchev–Trinajstić information content (AvgIpc) is 2.36. The van der Waals surface area contributed by atoms with E-state index in [1.54, 1.807) is 0 Å². The van der Waals surface area contributed by atoms with Gasteiger partial charge in [-0.2, -0.15) is 0 Å². The van der Waals surface area contributed by atoms with Crippen molar-refractivity contribution in [1.82, 2.24) is 5.32 Å². The number of carbonyl (C=O) groups is 1. The quantitative estimate of drug-likeness (QED) is 0.911. The molecule has 2 aromatic rings. The van der Waals surface area contributed by atoms with Crippen molar-refractivity contribution in [2.45, 2.75) is 20.4 Å². The topological polar surface area (TPSA) is 29.1 Å². The van der Waals surface area contributed by atoms with Gasteiger partial charge in [0.15, 0.2) is 0 Å². The largest absolute Gasteiger partial charge is 0.348 e. The lowest BCUT2D eigenvalue weighted by molar-refractivity contribution is 0.0950. The molecule has 98 valence electrons. The molecule has 2 nitrogen and oxygen atoms in total. The molecule has 0 unspecified atom stereocenters. The number of hydrogen-bond donors (Lipinski definition) is 1. The van der Waals surface area contributed by atoms with Gasteiger partial charge in [-0.25, -0.2) is 0 Å². The SMILES string of the molecule is Cc1cccc(CNC(=O)c2ccc(C)cc2Br)c1. The normalized spacial score (nSPS) is 10.3. The van der Waals surface area contributed by atoms with Crippen LogP contribution in [0.15, 0.2) is 46.9 Å². The summed E-state index contributed by atoms with van der Waals surface area (Å²) in [6.07, 6.45) is 0. The van der Waals surface area contributed by atoms with E-state index in [0.29, 0.717) is 12.1 Å². The summed E-state index contributed by atoms with van der Waals surface area (Å²) in [7, 11) is 0. The second-order valence-electron chi connectivity index (χ2n) is 4.66. The zero-order valence-corrected chi connectivity index (χ0v) is 12.6. The number of hydrogen-bond acceptors (Lipinski definition) is 1. The van der Waals surface area contributed by atoms with Gasteiger partial charge in [0.25, 0.3) is 5.91 Å². The van der Waals surface area contributed by atoms with Gasteiger partial charge in [0.05, 0.1) is 5.56 Å². The van der Waals surface area contributed by atoms with Crippen molar-refractivity contribution in [2.75, 3.05) is 0 Å². The molecule has 0 spiro atoms. The lowest BCUT2D eigenvalue weighted by atomic mass is 10.1. The number of nitrogens with one attached hydrogen (secondary N) is 1. The van der Waals surface area contributed by atoms with E-state index >= 15 is 0 Å². The van der Waals surface area contributed by atoms with Crippen LogP contribution < -0.4 is 5.32 Å². The zero-order chi connectivity index (χ0) is 13.8. The Balaban J connectivity index is 2.05. The molecule has 0 aliphatic rings. The highest BCUT2D eigenvalue weighted by Gasteiger charge is 2.09. The molecule has 0 saturated heterocycles. The van der Waals surface area contributed by atoms with Crippen molar-refractivity contribution in [2.24, 2.45) is 0 Å². The van der Waals surface area contributed by atoms with Crippen molar-refractivity contribution < 1.29 is 4.79 Å². The minimum atomic E-state index is -0.0617. The van der Waals surface area contributed by atoms with Crippen molar-refractivity contribution in [3.63, 3.8) is 0 Å². The molecule has 1 amide bonds. The summed E-state index contributed by atoms with van der Waals surface area (Å²) in [5.41, 5.74) is 4.10. The van der Waals surface area contributed by atoms with Crippen LogP contribution in [0.3, 0.4) is 0 Å². The summed E-state index contributed by atoms with van der Waals surface area (Å²) in [5, 5.41) is 2.93. The Hall–Kier alpha value is -1.61. The van der Waals surface area contributed by atoms with Gasteiger partial charge in [-0.05, 0) is 53.0 Å². The van der Waals surface area contributed by atoms with Crippen LogP contribution in [0, 0.1) is 13.8 Å². The first kappa shape index (κ1) is 13.8. The van der Waals surface area contributed by atoms with Gasteiger partial charge in [0.2, 0.25) is 0 Å². The molecule has 0 saturated carbocycles. The van der Waals surface area contributed by atoms with E-state index in [2.05, 4.69) is 27.3 Å². The molecule has 3 heteroatoms. The van der Waals surface area contributed by atoms with Crippen LogP contribution in [-0.4, -0.2) is 5.91 Å². The molecule has 0 aromatic heterocycles. The van der Waals surface area contributed by atoms with E-state index in [9.17, 15) is 4.79 Å². The molecule has 0 fully saturated rings. The molecule has 0 bridgehead atoms. The third kappa shape index (κ3) is 3.67. The predicted octanol–water partition coefficient (Wildman–Crippen LogP) is 4.00. The summed E-state index contributed by atoms with van der Waals surface area (Å²) < 4.78 is 0.828. The van der Waals surface area contributed by atoms with Crippen molar-refractivity contribution >= 4 is 21.8 Å². The Morgan fingerprint density at radius 3 is 2.53 bits per heavy atom. The Kier molecular flexibility index (Phi) is 4.38. The molecule has 0 aliphatic carbocycles. The number of halogens is 1. The maximum Gasteiger partial charge on any atom is 0.252 e. The maximum atomic E-state index is 12.1. The molecular formula is C16H16BrNO. The number of rotatable bonds is 3. The van der Waals surface area contributed by atoms with Gasteiger partial charge in [0.1, 0.15) is 0 Å². The van der Waals surface area contributed by atoms with E-state index in [1.165, 1.54) is 5.56 Å². The molecule has 1 N–H and O–H groups in total. The third-order valence-corrected chi connectivity index (χ3v) is 3.56. The molecule has 2 rings (SSSR count). The fourth-order valence-electron chi connectivity index (χ4n) is 1.90. The predicted molar refractivity (Wildman–Crippen MR) is 81.2 cm³/mol. The Morgan fingerprint density at radius 2 is 1.84 bits per heavy atom. The third-order valence-electron chi connectivity index (χ3n) is 2.90. The summed E-state index contributed by atoms with van der Waals surface area (Å²) in [4.78, 5) is 12.1. The van der Waals surface area contributed by atoms with E-state index < -0.39 is 0 Å². The first-order chi connectivity index (χ1) is 9.06. The molecule has 0 heterocycles. The fraction of sp³-hybridized carbons (Fsp3) is 0.188. The van der Waals surface area contributed by atoms with E-state index in [1.807, 2.05) is 50.2 Å². The van der Waals surface area contributed by atoms with Crippen LogP contribution in [-0.2, 0) is 6.54 Å². The van der Waals surface area contributed by atoms with Gasteiger partial charge in [0, 0.05) is 11.0 Å². The van der Waals surface area contributed by atoms with Gasteiger partial charge in [-0.1, -0.05) is 35.9 Å². The molecule has 2 aromatic carbocycles. The molecule has 0 radical (unpaired) electrons. The summed E-state index contributed by atoms with van der Waals surface area (Å²) >= 11 is 3.42. The Labute approximate surface area is 122 Å². The second kappa shape index (κ2) is 6.02. The second-order valence-corrected chi connectivity index (χ2v) is 5.51. The van der Waals surface area contributed by atoms with Crippen LogP contribution >= 0.6 is 15.9 Å². The fourth-order valence-corrected chi connectivity index (χ4v) is 2.58. The number of aryl methyl sites for hydroxylation is 2. The highest BCUT2D eigenvalue weighted by molar-refractivity contribution is 9.10. The van der Waals surface area contributed by atoms with Gasteiger partial charge in [-0.15, -0.1) is 0 Å². The smallest absolute Gasteiger partial charge is 0.252 e. The zero-order valence-electron chi connectivity index (χ0n) is 11.0. The van der Waals surface area contributed by atoms with Crippen molar-refractivity contribution in [1.29, 1.82) is 0 Å². The van der Waals surface area contributed by atoms with E-state index in [-0.39, 0.29) is 5.91 Å². The van der Waals surface area contributed by atoms with Crippen LogP contribution in [0.1, 0.15) is 27.0 Å². The van der Waals surface area contributed by atoms with Gasteiger partial charge >= 0.3 is 0 Å². The number of benzene rings is 2. The Bertz CT molecular complexity index is 607. The van der Waals surface area contributed by atoms with Crippen LogP contribution in [0.5, 0.6) is 0 Å². The summed E-state index contributed by atoms with van der Waals surface area (Å²) in [5.74, 6) is -0.0617. The van der Waals surface area contributed by atoms with Gasteiger partial charge < -0.3 is 5.32 Å². The van der Waals surface area contributed by atoms with Crippen molar-refractivity contribution in [3.8, 4) is 0 Å². The maximum absolute atomic E-state index is 12.1. The number of carbonyl (C=O) groups excluding carboxylic acids is 1. The monoisotopic (exact) mass is 317 g/mol. The Morgan fingerprint density at radius 1 is 1.11 bits per heavy atom. The standard InChI is InChI=1S/C16H16BrNO/c1-11-4-3-5-13(8-11)10-18-16(19)14-7-6-12(2)9-15(14)17/h3-9H,10H2,1-2H3,(H,18,19). The minimum Gasteiger partial charge on any atom is -0.348 e. The minimum absolute atomic E-state index is 0.0617. The first-order valence-electron chi connectivity index (χ1n) is 6.16. The highest BCUT2D eigenvalue weighted by atomic mass is 79.9. The van der Waals surface area contributed by atoms with E-state index in [4.69, 9.17) is 0 Å². The van der Waals surface area contributed by atoms with Crippen molar-refractivity contribution in [3.05, 3.63) is 69.2 Å².